The maximum atomic E-state index is 10.6. The molecule has 0 radical (unpaired) electrons. The largest absolute Gasteiger partial charge is 0.476 e. The van der Waals surface area contributed by atoms with Gasteiger partial charge in [0, 0.05) is 11.5 Å². The number of hydrogen-bond acceptors (Lipinski definition) is 4. The van der Waals surface area contributed by atoms with Gasteiger partial charge in [-0.25, -0.2) is 9.48 Å². The van der Waals surface area contributed by atoms with E-state index in [2.05, 4.69) is 10.3 Å². The van der Waals surface area contributed by atoms with Gasteiger partial charge >= 0.3 is 5.97 Å². The first-order valence-electron chi connectivity index (χ1n) is 3.52. The maximum Gasteiger partial charge on any atom is 0.358 e. The Hall–Kier alpha value is -1.04. The first kappa shape index (κ1) is 7.60. The summed E-state index contributed by atoms with van der Waals surface area (Å²) in [7, 11) is 0. The molecular weight excluding hydrogens is 178 g/mol. The molecule has 0 atom stereocenters. The summed E-state index contributed by atoms with van der Waals surface area (Å²) in [6.07, 6.45) is 0. The van der Waals surface area contributed by atoms with Gasteiger partial charge in [-0.2, -0.15) is 11.8 Å². The van der Waals surface area contributed by atoms with Crippen LogP contribution in [0.15, 0.2) is 0 Å². The molecule has 0 fully saturated rings. The highest BCUT2D eigenvalue weighted by Gasteiger charge is 2.20. The molecule has 0 unspecified atom stereocenters. The summed E-state index contributed by atoms with van der Waals surface area (Å²) in [5.74, 6) is 0.697. The van der Waals surface area contributed by atoms with E-state index in [0.29, 0.717) is 5.75 Å². The quantitative estimate of drug-likeness (QED) is 0.678. The molecule has 1 aromatic rings. The van der Waals surface area contributed by atoms with Gasteiger partial charge in [-0.15, -0.1) is 5.10 Å². The molecule has 2 rings (SSSR count). The molecule has 0 amide bonds. The van der Waals surface area contributed by atoms with Gasteiger partial charge < -0.3 is 5.11 Å². The summed E-state index contributed by atoms with van der Waals surface area (Å²) in [5, 5.41) is 16.1. The highest BCUT2D eigenvalue weighted by molar-refractivity contribution is 7.98. The van der Waals surface area contributed by atoms with Gasteiger partial charge in [-0.3, -0.25) is 0 Å². The Labute approximate surface area is 72.8 Å². The van der Waals surface area contributed by atoms with Crippen LogP contribution in [0.4, 0.5) is 0 Å². The molecule has 0 aromatic carbocycles. The topological polar surface area (TPSA) is 68.0 Å². The molecule has 64 valence electrons. The zero-order chi connectivity index (χ0) is 8.55. The van der Waals surface area contributed by atoms with E-state index in [-0.39, 0.29) is 5.69 Å². The molecule has 1 aliphatic rings. The van der Waals surface area contributed by atoms with Crippen molar-refractivity contribution in [3.63, 3.8) is 0 Å². The smallest absolute Gasteiger partial charge is 0.358 e. The molecule has 0 saturated heterocycles. The van der Waals surface area contributed by atoms with Gasteiger partial charge in [-0.05, 0) is 0 Å². The van der Waals surface area contributed by atoms with E-state index in [0.717, 1.165) is 18.0 Å². The Kier molecular flexibility index (Phi) is 1.76. The Bertz CT molecular complexity index is 323. The summed E-state index contributed by atoms with van der Waals surface area (Å²) < 4.78 is 1.67. The fourth-order valence-corrected chi connectivity index (χ4v) is 2.07. The Morgan fingerprint density at radius 3 is 3.25 bits per heavy atom. The van der Waals surface area contributed by atoms with Gasteiger partial charge in [0.25, 0.3) is 0 Å². The molecule has 0 bridgehead atoms. The van der Waals surface area contributed by atoms with Crippen LogP contribution in [0.2, 0.25) is 0 Å². The number of nitrogens with zero attached hydrogens (tertiary/aromatic N) is 3. The first-order chi connectivity index (χ1) is 5.79. The monoisotopic (exact) mass is 185 g/mol. The summed E-state index contributed by atoms with van der Waals surface area (Å²) >= 11 is 1.71. The Morgan fingerprint density at radius 2 is 2.50 bits per heavy atom. The van der Waals surface area contributed by atoms with E-state index in [1.165, 1.54) is 0 Å². The van der Waals surface area contributed by atoms with E-state index in [4.69, 9.17) is 5.11 Å². The van der Waals surface area contributed by atoms with Crippen LogP contribution in [-0.4, -0.2) is 31.8 Å². The van der Waals surface area contributed by atoms with Crippen LogP contribution in [0.1, 0.15) is 16.2 Å². The van der Waals surface area contributed by atoms with Crippen LogP contribution in [0.5, 0.6) is 0 Å². The van der Waals surface area contributed by atoms with Crippen LogP contribution >= 0.6 is 11.8 Å². The lowest BCUT2D eigenvalue weighted by molar-refractivity contribution is 0.0689. The standard InChI is InChI=1S/C6H7N3O2S/c10-6(11)5-4-3-12-2-1-9(4)8-7-5/h1-3H2,(H,10,11). The average molecular weight is 185 g/mol. The minimum Gasteiger partial charge on any atom is -0.476 e. The fourth-order valence-electron chi connectivity index (χ4n) is 1.14. The minimum atomic E-state index is -0.987. The van der Waals surface area contributed by atoms with Gasteiger partial charge in [0.05, 0.1) is 12.2 Å². The molecular formula is C6H7N3O2S. The van der Waals surface area contributed by atoms with Crippen LogP contribution < -0.4 is 0 Å². The number of carboxylic acids is 1. The zero-order valence-electron chi connectivity index (χ0n) is 6.23. The molecule has 0 aliphatic carbocycles. The predicted octanol–water partition coefficient (Wildman–Crippen LogP) is 0.223. The van der Waals surface area contributed by atoms with Crippen molar-refractivity contribution in [3.8, 4) is 0 Å². The maximum absolute atomic E-state index is 10.6. The second-order valence-corrected chi connectivity index (χ2v) is 3.57. The highest BCUT2D eigenvalue weighted by Crippen LogP contribution is 2.20. The number of aromatic carboxylic acids is 1. The molecule has 1 aromatic heterocycles. The SMILES string of the molecule is O=C(O)c1nnn2c1CSCC2. The second-order valence-electron chi connectivity index (χ2n) is 2.47. The number of thioether (sulfide) groups is 1. The lowest BCUT2D eigenvalue weighted by Crippen LogP contribution is -2.13. The van der Waals surface area contributed by atoms with Crippen molar-refractivity contribution in [3.05, 3.63) is 11.4 Å². The summed E-state index contributed by atoms with van der Waals surface area (Å²) in [4.78, 5) is 10.6. The number of aromatic nitrogens is 3. The molecule has 1 N–H and O–H groups in total. The summed E-state index contributed by atoms with van der Waals surface area (Å²) in [6.45, 7) is 0.764. The number of hydrogen-bond donors (Lipinski definition) is 1. The third-order valence-electron chi connectivity index (χ3n) is 1.73. The van der Waals surface area contributed by atoms with E-state index in [9.17, 15) is 4.79 Å². The van der Waals surface area contributed by atoms with Crippen LogP contribution in [0.25, 0.3) is 0 Å². The summed E-state index contributed by atoms with van der Waals surface area (Å²) in [6, 6.07) is 0. The third kappa shape index (κ3) is 1.08. The van der Waals surface area contributed by atoms with Gasteiger partial charge in [0.1, 0.15) is 0 Å². The highest BCUT2D eigenvalue weighted by atomic mass is 32.2. The summed E-state index contributed by atoms with van der Waals surface area (Å²) in [5.41, 5.74) is 0.834. The normalized spacial score (nSPS) is 15.7. The van der Waals surface area contributed by atoms with Crippen molar-refractivity contribution in [2.75, 3.05) is 5.75 Å². The average Bonchev–Trinajstić information content (AvgIpc) is 2.47. The van der Waals surface area contributed by atoms with Gasteiger partial charge in [0.15, 0.2) is 5.69 Å². The van der Waals surface area contributed by atoms with E-state index >= 15 is 0 Å². The number of fused-ring (bicyclic) bond motifs is 1. The molecule has 5 nitrogen and oxygen atoms in total. The van der Waals surface area contributed by atoms with Crippen molar-refractivity contribution < 1.29 is 9.90 Å². The molecule has 0 spiro atoms. The number of aryl methyl sites for hydroxylation is 1. The van der Waals surface area contributed by atoms with Crippen molar-refractivity contribution in [1.29, 1.82) is 0 Å². The number of carboxylic acid groups (broad SMARTS) is 1. The lowest BCUT2D eigenvalue weighted by Gasteiger charge is -2.11. The van der Waals surface area contributed by atoms with Crippen molar-refractivity contribution >= 4 is 17.7 Å². The van der Waals surface area contributed by atoms with Crippen molar-refractivity contribution in [2.24, 2.45) is 0 Å². The van der Waals surface area contributed by atoms with Crippen LogP contribution in [-0.2, 0) is 12.3 Å². The Morgan fingerprint density at radius 1 is 1.67 bits per heavy atom. The lowest BCUT2D eigenvalue weighted by atomic mass is 10.3. The predicted molar refractivity (Wildman–Crippen MR) is 43.1 cm³/mol. The molecule has 1 aliphatic heterocycles. The number of rotatable bonds is 1. The Balaban J connectivity index is 2.44. The fraction of sp³-hybridized carbons (Fsp3) is 0.500. The van der Waals surface area contributed by atoms with E-state index in [1.54, 1.807) is 16.4 Å². The zero-order valence-corrected chi connectivity index (χ0v) is 7.04. The van der Waals surface area contributed by atoms with Gasteiger partial charge in [-0.1, -0.05) is 5.21 Å². The van der Waals surface area contributed by atoms with Crippen LogP contribution in [0, 0.1) is 0 Å². The molecule has 6 heteroatoms. The minimum absolute atomic E-state index is 0.0993. The second kappa shape index (κ2) is 2.78. The molecule has 0 saturated carbocycles. The first-order valence-corrected chi connectivity index (χ1v) is 4.68. The molecule has 2 heterocycles. The third-order valence-corrected chi connectivity index (χ3v) is 2.68. The van der Waals surface area contributed by atoms with Gasteiger partial charge in [0.2, 0.25) is 0 Å². The van der Waals surface area contributed by atoms with E-state index in [1.807, 2.05) is 0 Å². The molecule has 12 heavy (non-hydrogen) atoms. The van der Waals surface area contributed by atoms with Crippen LogP contribution in [0.3, 0.4) is 0 Å². The van der Waals surface area contributed by atoms with Crippen molar-refractivity contribution in [1.82, 2.24) is 15.0 Å². The number of carbonyl (C=O) groups is 1. The van der Waals surface area contributed by atoms with Crippen molar-refractivity contribution in [2.45, 2.75) is 12.3 Å². The van der Waals surface area contributed by atoms with E-state index < -0.39 is 5.97 Å².